The Morgan fingerprint density at radius 3 is 2.67 bits per heavy atom. The summed E-state index contributed by atoms with van der Waals surface area (Å²) >= 11 is 0. The van der Waals surface area contributed by atoms with Crippen LogP contribution in [0.3, 0.4) is 0 Å². The standard InChI is InChI=1S/C16H19NO/c1-2-6-16(17-11-13-18-14-12-17)10-9-15-7-4-3-5-8-15/h2-5,7-8,16H,1,6,11-14H2/p+1. The minimum Gasteiger partial charge on any atom is -0.370 e. The summed E-state index contributed by atoms with van der Waals surface area (Å²) in [5.74, 6) is 6.66. The fourth-order valence-electron chi connectivity index (χ4n) is 2.17. The lowest BCUT2D eigenvalue weighted by Gasteiger charge is -2.27. The van der Waals surface area contributed by atoms with E-state index in [1.807, 2.05) is 36.4 Å². The van der Waals surface area contributed by atoms with Gasteiger partial charge in [0.1, 0.15) is 13.1 Å². The first-order chi connectivity index (χ1) is 8.90. The lowest BCUT2D eigenvalue weighted by atomic mass is 10.1. The highest BCUT2D eigenvalue weighted by atomic mass is 16.5. The van der Waals surface area contributed by atoms with E-state index in [4.69, 9.17) is 4.74 Å². The second kappa shape index (κ2) is 7.00. The van der Waals surface area contributed by atoms with Crippen molar-refractivity contribution in [3.05, 3.63) is 48.6 Å². The van der Waals surface area contributed by atoms with Crippen LogP contribution in [0.4, 0.5) is 0 Å². The molecule has 1 unspecified atom stereocenters. The number of nitrogens with one attached hydrogen (secondary N) is 1. The number of morpholine rings is 1. The van der Waals surface area contributed by atoms with E-state index < -0.39 is 0 Å². The molecule has 0 saturated carbocycles. The molecule has 18 heavy (non-hydrogen) atoms. The molecule has 2 heteroatoms. The van der Waals surface area contributed by atoms with E-state index >= 15 is 0 Å². The molecule has 1 aromatic carbocycles. The molecule has 1 N–H and O–H groups in total. The molecular weight excluding hydrogens is 222 g/mol. The van der Waals surface area contributed by atoms with Crippen molar-refractivity contribution in [2.45, 2.75) is 12.5 Å². The molecule has 0 bridgehead atoms. The number of rotatable bonds is 3. The number of hydrogen-bond acceptors (Lipinski definition) is 1. The highest BCUT2D eigenvalue weighted by molar-refractivity contribution is 5.34. The third-order valence-electron chi connectivity index (χ3n) is 3.19. The molecule has 2 nitrogen and oxygen atoms in total. The fourth-order valence-corrected chi connectivity index (χ4v) is 2.17. The Labute approximate surface area is 109 Å². The van der Waals surface area contributed by atoms with Crippen LogP contribution in [0.1, 0.15) is 12.0 Å². The Kier molecular flexibility index (Phi) is 5.01. The molecule has 1 aliphatic heterocycles. The molecule has 1 saturated heterocycles. The van der Waals surface area contributed by atoms with Crippen LogP contribution in [0.25, 0.3) is 0 Å². The summed E-state index contributed by atoms with van der Waals surface area (Å²) < 4.78 is 5.40. The molecule has 0 aliphatic carbocycles. The topological polar surface area (TPSA) is 13.7 Å². The van der Waals surface area contributed by atoms with Crippen molar-refractivity contribution in [2.24, 2.45) is 0 Å². The second-order valence-electron chi connectivity index (χ2n) is 4.48. The van der Waals surface area contributed by atoms with Gasteiger partial charge in [-0.3, -0.25) is 0 Å². The van der Waals surface area contributed by atoms with Gasteiger partial charge in [-0.05, 0) is 18.1 Å². The first-order valence-corrected chi connectivity index (χ1v) is 6.50. The molecule has 1 aromatic rings. The van der Waals surface area contributed by atoms with Gasteiger partial charge in [-0.25, -0.2) is 0 Å². The number of quaternary nitrogens is 1. The summed E-state index contributed by atoms with van der Waals surface area (Å²) in [6.45, 7) is 7.61. The molecule has 0 spiro atoms. The Morgan fingerprint density at radius 1 is 1.28 bits per heavy atom. The molecule has 1 aliphatic rings. The Hall–Kier alpha value is -1.56. The monoisotopic (exact) mass is 242 g/mol. The van der Waals surface area contributed by atoms with Crippen LogP contribution in [-0.4, -0.2) is 32.3 Å². The molecule has 0 amide bonds. The van der Waals surface area contributed by atoms with Crippen molar-refractivity contribution < 1.29 is 9.64 Å². The smallest absolute Gasteiger partial charge is 0.153 e. The van der Waals surface area contributed by atoms with Gasteiger partial charge in [-0.1, -0.05) is 30.2 Å². The summed E-state index contributed by atoms with van der Waals surface area (Å²) in [7, 11) is 0. The summed E-state index contributed by atoms with van der Waals surface area (Å²) in [6.07, 6.45) is 2.90. The van der Waals surface area contributed by atoms with Crippen molar-refractivity contribution in [3.63, 3.8) is 0 Å². The van der Waals surface area contributed by atoms with E-state index in [-0.39, 0.29) is 0 Å². The fraction of sp³-hybridized carbons (Fsp3) is 0.375. The van der Waals surface area contributed by atoms with Gasteiger partial charge < -0.3 is 9.64 Å². The average Bonchev–Trinajstić information content (AvgIpc) is 2.45. The quantitative estimate of drug-likeness (QED) is 0.614. The van der Waals surface area contributed by atoms with Crippen LogP contribution in [-0.2, 0) is 4.74 Å². The number of ether oxygens (including phenoxy) is 1. The van der Waals surface area contributed by atoms with E-state index in [2.05, 4.69) is 18.4 Å². The minimum atomic E-state index is 0.339. The Balaban J connectivity index is 2.06. The molecule has 2 rings (SSSR count). The summed E-state index contributed by atoms with van der Waals surface area (Å²) in [5.41, 5.74) is 1.08. The third kappa shape index (κ3) is 3.73. The van der Waals surface area contributed by atoms with Crippen molar-refractivity contribution in [1.82, 2.24) is 0 Å². The first-order valence-electron chi connectivity index (χ1n) is 6.50. The molecule has 94 valence electrons. The van der Waals surface area contributed by atoms with Crippen molar-refractivity contribution in [3.8, 4) is 11.8 Å². The predicted octanol–water partition coefficient (Wildman–Crippen LogP) is 0.898. The zero-order chi connectivity index (χ0) is 12.6. The third-order valence-corrected chi connectivity index (χ3v) is 3.19. The molecule has 1 fully saturated rings. The minimum absolute atomic E-state index is 0.339. The van der Waals surface area contributed by atoms with Gasteiger partial charge in [0.05, 0.1) is 13.2 Å². The average molecular weight is 242 g/mol. The predicted molar refractivity (Wildman–Crippen MR) is 73.4 cm³/mol. The summed E-state index contributed by atoms with van der Waals surface area (Å²) in [4.78, 5) is 1.52. The first kappa shape index (κ1) is 12.9. The van der Waals surface area contributed by atoms with Gasteiger partial charge in [0.25, 0.3) is 0 Å². The zero-order valence-electron chi connectivity index (χ0n) is 10.7. The summed E-state index contributed by atoms with van der Waals surface area (Å²) in [6, 6.07) is 10.5. The van der Waals surface area contributed by atoms with Crippen LogP contribution >= 0.6 is 0 Å². The maximum atomic E-state index is 5.40. The van der Waals surface area contributed by atoms with Crippen LogP contribution in [0.2, 0.25) is 0 Å². The zero-order valence-corrected chi connectivity index (χ0v) is 10.7. The maximum absolute atomic E-state index is 5.40. The Bertz CT molecular complexity index is 423. The summed E-state index contributed by atoms with van der Waals surface area (Å²) in [5, 5.41) is 0. The van der Waals surface area contributed by atoms with E-state index in [1.54, 1.807) is 0 Å². The van der Waals surface area contributed by atoms with Crippen LogP contribution in [0, 0.1) is 11.8 Å². The van der Waals surface area contributed by atoms with Gasteiger partial charge in [0, 0.05) is 12.0 Å². The number of hydrogen-bond donors (Lipinski definition) is 1. The van der Waals surface area contributed by atoms with Crippen LogP contribution in [0.15, 0.2) is 43.0 Å². The maximum Gasteiger partial charge on any atom is 0.153 e. The highest BCUT2D eigenvalue weighted by Crippen LogP contribution is 1.96. The largest absolute Gasteiger partial charge is 0.370 e. The SMILES string of the molecule is C=CCC(C#Cc1ccccc1)[NH+]1CCOCC1. The second-order valence-corrected chi connectivity index (χ2v) is 4.48. The van der Waals surface area contributed by atoms with Crippen LogP contribution < -0.4 is 4.90 Å². The highest BCUT2D eigenvalue weighted by Gasteiger charge is 2.21. The molecule has 0 aromatic heterocycles. The van der Waals surface area contributed by atoms with E-state index in [9.17, 15) is 0 Å². The molecule has 1 atom stereocenters. The van der Waals surface area contributed by atoms with Crippen molar-refractivity contribution in [1.29, 1.82) is 0 Å². The Morgan fingerprint density at radius 2 is 2.00 bits per heavy atom. The van der Waals surface area contributed by atoms with Crippen molar-refractivity contribution in [2.75, 3.05) is 26.3 Å². The van der Waals surface area contributed by atoms with Crippen LogP contribution in [0.5, 0.6) is 0 Å². The van der Waals surface area contributed by atoms with E-state index in [1.165, 1.54) is 4.90 Å². The van der Waals surface area contributed by atoms with Gasteiger partial charge in [-0.2, -0.15) is 0 Å². The number of benzene rings is 1. The normalized spacial score (nSPS) is 17.6. The van der Waals surface area contributed by atoms with Gasteiger partial charge in [0.2, 0.25) is 0 Å². The van der Waals surface area contributed by atoms with Gasteiger partial charge in [0.15, 0.2) is 6.04 Å². The lowest BCUT2D eigenvalue weighted by Crippen LogP contribution is -3.17. The molecular formula is C16H20NO+. The van der Waals surface area contributed by atoms with E-state index in [0.29, 0.717) is 6.04 Å². The van der Waals surface area contributed by atoms with Gasteiger partial charge in [-0.15, -0.1) is 6.58 Å². The van der Waals surface area contributed by atoms with Gasteiger partial charge >= 0.3 is 0 Å². The van der Waals surface area contributed by atoms with E-state index in [0.717, 1.165) is 38.3 Å². The lowest BCUT2D eigenvalue weighted by molar-refractivity contribution is -0.924. The van der Waals surface area contributed by atoms with Crippen molar-refractivity contribution >= 4 is 0 Å². The molecule has 1 heterocycles. The molecule has 0 radical (unpaired) electrons.